The van der Waals surface area contributed by atoms with Gasteiger partial charge >= 0.3 is 0 Å². The highest BCUT2D eigenvalue weighted by atomic mass is 16.5. The summed E-state index contributed by atoms with van der Waals surface area (Å²) in [5, 5.41) is 0. The molecule has 0 radical (unpaired) electrons. The zero-order chi connectivity index (χ0) is 9.97. The van der Waals surface area contributed by atoms with Gasteiger partial charge in [-0.15, -0.1) is 0 Å². The smallest absolute Gasteiger partial charge is 0.122 e. The Morgan fingerprint density at radius 3 is 1.93 bits per heavy atom. The van der Waals surface area contributed by atoms with Gasteiger partial charge in [0.2, 0.25) is 0 Å². The molecule has 0 aromatic heterocycles. The number of ether oxygens (including phenoxy) is 2. The first-order valence-corrected chi connectivity index (χ1v) is 5.06. The lowest BCUT2D eigenvalue weighted by atomic mass is 9.80. The van der Waals surface area contributed by atoms with Gasteiger partial charge in [0.05, 0.1) is 14.2 Å². The van der Waals surface area contributed by atoms with Gasteiger partial charge in [-0.1, -0.05) is 6.42 Å². The molecular formula is C12H16O2. The molecule has 2 nitrogen and oxygen atoms in total. The van der Waals surface area contributed by atoms with Gasteiger partial charge in [-0.05, 0) is 36.5 Å². The minimum Gasteiger partial charge on any atom is -0.497 e. The van der Waals surface area contributed by atoms with Crippen molar-refractivity contribution < 1.29 is 9.47 Å². The molecule has 0 unspecified atom stereocenters. The summed E-state index contributed by atoms with van der Waals surface area (Å²) in [6, 6.07) is 6.15. The lowest BCUT2D eigenvalue weighted by Gasteiger charge is -2.26. The van der Waals surface area contributed by atoms with Crippen LogP contribution in [0.15, 0.2) is 18.2 Å². The molecule has 14 heavy (non-hydrogen) atoms. The number of hydrogen-bond donors (Lipinski definition) is 0. The van der Waals surface area contributed by atoms with Gasteiger partial charge in [0.15, 0.2) is 0 Å². The summed E-state index contributed by atoms with van der Waals surface area (Å²) in [6.07, 6.45) is 3.96. The van der Waals surface area contributed by atoms with Crippen molar-refractivity contribution in [1.29, 1.82) is 0 Å². The highest BCUT2D eigenvalue weighted by Gasteiger charge is 2.20. The van der Waals surface area contributed by atoms with Crippen LogP contribution in [0.3, 0.4) is 0 Å². The Labute approximate surface area is 84.8 Å². The van der Waals surface area contributed by atoms with Gasteiger partial charge in [0, 0.05) is 6.07 Å². The molecule has 0 aliphatic heterocycles. The normalized spacial score (nSPS) is 16.1. The zero-order valence-corrected chi connectivity index (χ0v) is 8.75. The van der Waals surface area contributed by atoms with Crippen LogP contribution in [0, 0.1) is 0 Å². The quantitative estimate of drug-likeness (QED) is 0.733. The second-order valence-corrected chi connectivity index (χ2v) is 3.77. The molecule has 0 atom stereocenters. The zero-order valence-electron chi connectivity index (χ0n) is 8.75. The van der Waals surface area contributed by atoms with Crippen LogP contribution in [0.1, 0.15) is 30.7 Å². The number of hydrogen-bond acceptors (Lipinski definition) is 2. The van der Waals surface area contributed by atoms with Crippen molar-refractivity contribution in [3.05, 3.63) is 23.8 Å². The standard InChI is InChI=1S/C12H16O2/c1-13-11-6-10(9-4-3-5-9)7-12(8-11)14-2/h6-9H,3-5H2,1-2H3. The third-order valence-corrected chi connectivity index (χ3v) is 2.95. The van der Waals surface area contributed by atoms with Crippen molar-refractivity contribution in [3.63, 3.8) is 0 Å². The van der Waals surface area contributed by atoms with Crippen LogP contribution in [-0.2, 0) is 0 Å². The Hall–Kier alpha value is -1.18. The van der Waals surface area contributed by atoms with E-state index in [9.17, 15) is 0 Å². The molecule has 0 amide bonds. The molecule has 1 aliphatic rings. The number of rotatable bonds is 3. The molecule has 2 heteroatoms. The Balaban J connectivity index is 2.28. The van der Waals surface area contributed by atoms with Crippen LogP contribution in [0.25, 0.3) is 0 Å². The van der Waals surface area contributed by atoms with Crippen molar-refractivity contribution in [2.45, 2.75) is 25.2 Å². The molecule has 2 rings (SSSR count). The maximum absolute atomic E-state index is 5.24. The molecule has 0 heterocycles. The summed E-state index contributed by atoms with van der Waals surface area (Å²) in [4.78, 5) is 0. The van der Waals surface area contributed by atoms with Crippen LogP contribution >= 0.6 is 0 Å². The van der Waals surface area contributed by atoms with Gasteiger partial charge in [-0.25, -0.2) is 0 Å². The van der Waals surface area contributed by atoms with Gasteiger partial charge in [-0.3, -0.25) is 0 Å². The van der Waals surface area contributed by atoms with Crippen molar-refractivity contribution in [2.75, 3.05) is 14.2 Å². The van der Waals surface area contributed by atoms with E-state index in [-0.39, 0.29) is 0 Å². The first-order valence-electron chi connectivity index (χ1n) is 5.06. The van der Waals surface area contributed by atoms with E-state index in [2.05, 4.69) is 12.1 Å². The van der Waals surface area contributed by atoms with E-state index in [4.69, 9.17) is 9.47 Å². The van der Waals surface area contributed by atoms with Crippen molar-refractivity contribution in [3.8, 4) is 11.5 Å². The summed E-state index contributed by atoms with van der Waals surface area (Å²) in [5.41, 5.74) is 1.35. The molecule has 0 spiro atoms. The molecule has 0 bridgehead atoms. The summed E-state index contributed by atoms with van der Waals surface area (Å²) in [6.45, 7) is 0. The summed E-state index contributed by atoms with van der Waals surface area (Å²) < 4.78 is 10.5. The molecule has 76 valence electrons. The van der Waals surface area contributed by atoms with Crippen molar-refractivity contribution in [2.24, 2.45) is 0 Å². The Kier molecular flexibility index (Phi) is 2.62. The predicted molar refractivity (Wildman–Crippen MR) is 56.1 cm³/mol. The molecular weight excluding hydrogens is 176 g/mol. The van der Waals surface area contributed by atoms with Crippen LogP contribution < -0.4 is 9.47 Å². The lowest BCUT2D eigenvalue weighted by molar-refractivity contribution is 0.383. The minimum absolute atomic E-state index is 0.721. The largest absolute Gasteiger partial charge is 0.497 e. The average molecular weight is 192 g/mol. The Morgan fingerprint density at radius 2 is 1.57 bits per heavy atom. The highest BCUT2D eigenvalue weighted by Crippen LogP contribution is 2.39. The van der Waals surface area contributed by atoms with E-state index < -0.39 is 0 Å². The van der Waals surface area contributed by atoms with Crippen molar-refractivity contribution >= 4 is 0 Å². The van der Waals surface area contributed by atoms with Crippen molar-refractivity contribution in [1.82, 2.24) is 0 Å². The average Bonchev–Trinajstić information content (AvgIpc) is 2.14. The third kappa shape index (κ3) is 1.69. The Morgan fingerprint density at radius 1 is 1.00 bits per heavy atom. The predicted octanol–water partition coefficient (Wildman–Crippen LogP) is 2.97. The van der Waals surface area contributed by atoms with Crippen LogP contribution in [0.4, 0.5) is 0 Å². The topological polar surface area (TPSA) is 18.5 Å². The first-order chi connectivity index (χ1) is 6.83. The first kappa shape index (κ1) is 9.38. The summed E-state index contributed by atoms with van der Waals surface area (Å²) in [7, 11) is 3.39. The SMILES string of the molecule is COc1cc(OC)cc(C2CCC2)c1. The number of methoxy groups -OCH3 is 2. The fourth-order valence-electron chi connectivity index (χ4n) is 1.81. The third-order valence-electron chi connectivity index (χ3n) is 2.95. The summed E-state index contributed by atoms with van der Waals surface area (Å²) in [5.74, 6) is 2.51. The van der Waals surface area contributed by atoms with Crippen LogP contribution in [0.2, 0.25) is 0 Å². The lowest BCUT2D eigenvalue weighted by Crippen LogP contribution is -2.08. The second kappa shape index (κ2) is 3.91. The van der Waals surface area contributed by atoms with E-state index in [1.54, 1.807) is 14.2 Å². The molecule has 1 fully saturated rings. The fraction of sp³-hybridized carbons (Fsp3) is 0.500. The van der Waals surface area contributed by atoms with E-state index in [0.29, 0.717) is 0 Å². The van der Waals surface area contributed by atoms with E-state index in [0.717, 1.165) is 17.4 Å². The summed E-state index contributed by atoms with van der Waals surface area (Å²) >= 11 is 0. The fourth-order valence-corrected chi connectivity index (χ4v) is 1.81. The highest BCUT2D eigenvalue weighted by molar-refractivity contribution is 5.40. The van der Waals surface area contributed by atoms with E-state index in [1.807, 2.05) is 6.07 Å². The molecule has 1 aliphatic carbocycles. The molecule has 0 saturated heterocycles. The maximum atomic E-state index is 5.24. The minimum atomic E-state index is 0.721. The van der Waals surface area contributed by atoms with E-state index in [1.165, 1.54) is 24.8 Å². The van der Waals surface area contributed by atoms with Gasteiger partial charge in [0.25, 0.3) is 0 Å². The van der Waals surface area contributed by atoms with Gasteiger partial charge < -0.3 is 9.47 Å². The number of benzene rings is 1. The van der Waals surface area contributed by atoms with Gasteiger partial charge in [-0.2, -0.15) is 0 Å². The van der Waals surface area contributed by atoms with Crippen LogP contribution in [-0.4, -0.2) is 14.2 Å². The maximum Gasteiger partial charge on any atom is 0.122 e. The molecule has 1 saturated carbocycles. The molecule has 1 aromatic carbocycles. The second-order valence-electron chi connectivity index (χ2n) is 3.77. The van der Waals surface area contributed by atoms with E-state index >= 15 is 0 Å². The molecule has 1 aromatic rings. The van der Waals surface area contributed by atoms with Gasteiger partial charge in [0.1, 0.15) is 11.5 Å². The monoisotopic (exact) mass is 192 g/mol. The molecule has 0 N–H and O–H groups in total. The van der Waals surface area contributed by atoms with Crippen LogP contribution in [0.5, 0.6) is 11.5 Å². The Bertz CT molecular complexity index is 294.